The van der Waals surface area contributed by atoms with Crippen molar-refractivity contribution in [3.63, 3.8) is 0 Å². The van der Waals surface area contributed by atoms with Crippen LogP contribution in [0.2, 0.25) is 5.02 Å². The molecule has 1 N–H and O–H groups in total. The number of carbonyl (C=O) groups is 3. The number of nitrogens with one attached hydrogen (secondary N) is 1. The van der Waals surface area contributed by atoms with Crippen LogP contribution in [0.4, 0.5) is 5.69 Å². The Labute approximate surface area is 206 Å². The second-order valence-corrected chi connectivity index (χ2v) is 12.0. The zero-order valence-corrected chi connectivity index (χ0v) is 20.5. The minimum absolute atomic E-state index is 0.0361. The van der Waals surface area contributed by atoms with Crippen molar-refractivity contribution in [3.05, 3.63) is 64.7 Å². The van der Waals surface area contributed by atoms with Crippen LogP contribution in [0.3, 0.4) is 0 Å². The molecule has 4 aliphatic rings. The van der Waals surface area contributed by atoms with E-state index in [2.05, 4.69) is 21.2 Å². The van der Waals surface area contributed by atoms with Crippen molar-refractivity contribution in [1.29, 1.82) is 0 Å². The zero-order chi connectivity index (χ0) is 23.2. The van der Waals surface area contributed by atoms with Crippen LogP contribution in [0.15, 0.2) is 48.5 Å². The minimum atomic E-state index is -0.484. The molecular formula is C26H25BrClNO4. The van der Waals surface area contributed by atoms with E-state index in [1.165, 1.54) is 12.5 Å². The molecule has 0 aliphatic heterocycles. The van der Waals surface area contributed by atoms with E-state index in [0.717, 1.165) is 32.1 Å². The lowest BCUT2D eigenvalue weighted by molar-refractivity contribution is -0.170. The number of halogens is 2. The number of alkyl halides is 1. The summed E-state index contributed by atoms with van der Waals surface area (Å²) in [7, 11) is 0. The molecule has 0 aromatic heterocycles. The van der Waals surface area contributed by atoms with E-state index in [0.29, 0.717) is 28.1 Å². The molecule has 0 spiro atoms. The largest absolute Gasteiger partial charge is 0.455 e. The molecule has 4 aliphatic carbocycles. The van der Waals surface area contributed by atoms with Gasteiger partial charge in [-0.3, -0.25) is 14.4 Å². The molecule has 4 saturated carbocycles. The third-order valence-corrected chi connectivity index (χ3v) is 8.46. The topological polar surface area (TPSA) is 72.5 Å². The molecule has 0 unspecified atom stereocenters. The van der Waals surface area contributed by atoms with Crippen LogP contribution in [-0.4, -0.2) is 28.6 Å². The molecular weight excluding hydrogens is 506 g/mol. The molecule has 6 rings (SSSR count). The second-order valence-electron chi connectivity index (χ2n) is 9.90. The molecule has 0 saturated heterocycles. The van der Waals surface area contributed by atoms with Gasteiger partial charge in [-0.1, -0.05) is 57.9 Å². The van der Waals surface area contributed by atoms with Crippen molar-refractivity contribution in [3.8, 4) is 0 Å². The molecule has 0 heterocycles. The van der Waals surface area contributed by atoms with E-state index in [-0.39, 0.29) is 28.2 Å². The summed E-state index contributed by atoms with van der Waals surface area (Å²) >= 11 is 10.0. The number of benzene rings is 2. The van der Waals surface area contributed by atoms with Gasteiger partial charge in [-0.25, -0.2) is 0 Å². The molecule has 7 heteroatoms. The highest BCUT2D eigenvalue weighted by Crippen LogP contribution is 2.64. The smallest absolute Gasteiger partial charge is 0.312 e. The van der Waals surface area contributed by atoms with E-state index < -0.39 is 11.3 Å². The van der Waals surface area contributed by atoms with E-state index in [4.69, 9.17) is 16.3 Å². The summed E-state index contributed by atoms with van der Waals surface area (Å²) in [6.45, 7) is -0.382. The predicted octanol–water partition coefficient (Wildman–Crippen LogP) is 5.79. The van der Waals surface area contributed by atoms with Crippen molar-refractivity contribution >= 4 is 50.9 Å². The third kappa shape index (κ3) is 4.47. The van der Waals surface area contributed by atoms with Gasteiger partial charge in [0.15, 0.2) is 12.4 Å². The first-order chi connectivity index (χ1) is 15.8. The maximum Gasteiger partial charge on any atom is 0.312 e. The fraction of sp³-hybridized carbons (Fsp3) is 0.423. The van der Waals surface area contributed by atoms with Gasteiger partial charge in [0.2, 0.25) is 0 Å². The lowest BCUT2D eigenvalue weighted by Gasteiger charge is -2.58. The Morgan fingerprint density at radius 1 is 1.03 bits per heavy atom. The highest BCUT2D eigenvalue weighted by molar-refractivity contribution is 9.10. The van der Waals surface area contributed by atoms with Gasteiger partial charge in [0.25, 0.3) is 5.91 Å². The molecule has 5 nitrogen and oxygen atoms in total. The summed E-state index contributed by atoms with van der Waals surface area (Å²) in [5.74, 6) is 0.0974. The number of ether oxygens (including phenoxy) is 1. The highest BCUT2D eigenvalue weighted by Gasteiger charge is 2.60. The van der Waals surface area contributed by atoms with Crippen LogP contribution in [0.1, 0.15) is 54.4 Å². The lowest BCUT2D eigenvalue weighted by atomic mass is 9.49. The molecule has 1 amide bonds. The summed E-state index contributed by atoms with van der Waals surface area (Å²) in [5.41, 5.74) is 0.633. The summed E-state index contributed by atoms with van der Waals surface area (Å²) in [5, 5.41) is 3.11. The number of hydrogen-bond acceptors (Lipinski definition) is 4. The van der Waals surface area contributed by atoms with Gasteiger partial charge < -0.3 is 10.1 Å². The molecule has 2 aromatic rings. The van der Waals surface area contributed by atoms with E-state index in [1.54, 1.807) is 36.4 Å². The van der Waals surface area contributed by atoms with Crippen molar-refractivity contribution in [1.82, 2.24) is 0 Å². The first kappa shape index (κ1) is 22.6. The van der Waals surface area contributed by atoms with Crippen molar-refractivity contribution in [2.24, 2.45) is 17.3 Å². The quantitative estimate of drug-likeness (QED) is 0.292. The standard InChI is InChI=1S/C26H25BrClNO4/c27-26-12-16-8-17(13-26)11-25(10-16,15-26)24(32)33-14-22(30)29-21-7-6-19(28)9-20(21)23(31)18-4-2-1-3-5-18/h1-7,9,16-17H,8,10-15H2,(H,29,30)/t16-,17-,25?,26?/m1/s1. The zero-order valence-electron chi connectivity index (χ0n) is 18.1. The third-order valence-electron chi connectivity index (χ3n) is 7.29. The Kier molecular flexibility index (Phi) is 5.86. The molecule has 172 valence electrons. The lowest BCUT2D eigenvalue weighted by Crippen LogP contribution is -2.56. The molecule has 2 atom stereocenters. The van der Waals surface area contributed by atoms with Gasteiger partial charge in [-0.2, -0.15) is 0 Å². The van der Waals surface area contributed by atoms with Crippen LogP contribution < -0.4 is 5.32 Å². The van der Waals surface area contributed by atoms with E-state index in [1.807, 2.05) is 6.07 Å². The van der Waals surface area contributed by atoms with Gasteiger partial charge in [0, 0.05) is 20.5 Å². The van der Waals surface area contributed by atoms with E-state index in [9.17, 15) is 14.4 Å². The normalized spacial score (nSPS) is 29.5. The number of ketones is 1. The Morgan fingerprint density at radius 2 is 1.73 bits per heavy atom. The molecule has 33 heavy (non-hydrogen) atoms. The van der Waals surface area contributed by atoms with E-state index >= 15 is 0 Å². The monoisotopic (exact) mass is 529 g/mol. The SMILES string of the molecule is O=C(COC(=O)C12C[C@H]3C[C@@H](CC(Br)(C3)C1)C2)Nc1ccc(Cl)cc1C(=O)c1ccccc1. The highest BCUT2D eigenvalue weighted by atomic mass is 79.9. The average molecular weight is 531 g/mol. The number of carbonyl (C=O) groups excluding carboxylic acids is 3. The number of hydrogen-bond donors (Lipinski definition) is 1. The molecule has 4 fully saturated rings. The van der Waals surface area contributed by atoms with Gasteiger partial charge in [-0.05, 0) is 68.6 Å². The Hall–Kier alpha value is -2.18. The second kappa shape index (κ2) is 8.55. The summed E-state index contributed by atoms with van der Waals surface area (Å²) in [4.78, 5) is 38.7. The van der Waals surface area contributed by atoms with Crippen LogP contribution in [0.5, 0.6) is 0 Å². The molecule has 2 aromatic carbocycles. The average Bonchev–Trinajstić information content (AvgIpc) is 2.77. The van der Waals surface area contributed by atoms with Gasteiger partial charge in [-0.15, -0.1) is 0 Å². The maximum atomic E-state index is 13.1. The number of esters is 1. The first-order valence-corrected chi connectivity index (χ1v) is 12.5. The minimum Gasteiger partial charge on any atom is -0.455 e. The first-order valence-electron chi connectivity index (χ1n) is 11.3. The van der Waals surface area contributed by atoms with Crippen molar-refractivity contribution in [2.45, 2.75) is 42.8 Å². The van der Waals surface area contributed by atoms with Gasteiger partial charge >= 0.3 is 5.97 Å². The van der Waals surface area contributed by atoms with Crippen LogP contribution in [-0.2, 0) is 14.3 Å². The van der Waals surface area contributed by atoms with Crippen molar-refractivity contribution in [2.75, 3.05) is 11.9 Å². The van der Waals surface area contributed by atoms with Crippen LogP contribution >= 0.6 is 27.5 Å². The summed E-state index contributed by atoms with van der Waals surface area (Å²) < 4.78 is 5.57. The number of anilines is 1. The maximum absolute atomic E-state index is 13.1. The summed E-state index contributed by atoms with van der Waals surface area (Å²) in [6.07, 6.45) is 5.91. The van der Waals surface area contributed by atoms with Gasteiger partial charge in [0.05, 0.1) is 11.1 Å². The Morgan fingerprint density at radius 3 is 2.39 bits per heavy atom. The van der Waals surface area contributed by atoms with Crippen LogP contribution in [0.25, 0.3) is 0 Å². The van der Waals surface area contributed by atoms with Crippen molar-refractivity contribution < 1.29 is 19.1 Å². The Balaban J connectivity index is 1.26. The fourth-order valence-electron chi connectivity index (χ4n) is 6.42. The number of amides is 1. The Bertz CT molecular complexity index is 1100. The number of rotatable bonds is 6. The van der Waals surface area contributed by atoms with Gasteiger partial charge in [0.1, 0.15) is 0 Å². The fourth-order valence-corrected chi connectivity index (χ4v) is 8.04. The summed E-state index contributed by atoms with van der Waals surface area (Å²) in [6, 6.07) is 13.5. The van der Waals surface area contributed by atoms with Crippen LogP contribution in [0, 0.1) is 17.3 Å². The molecule has 0 radical (unpaired) electrons. The predicted molar refractivity (Wildman–Crippen MR) is 130 cm³/mol. The molecule has 4 bridgehead atoms.